The summed E-state index contributed by atoms with van der Waals surface area (Å²) < 4.78 is 11.3. The van der Waals surface area contributed by atoms with Gasteiger partial charge in [-0.25, -0.2) is 0 Å². The summed E-state index contributed by atoms with van der Waals surface area (Å²) >= 11 is 0. The van der Waals surface area contributed by atoms with E-state index in [4.69, 9.17) is 0 Å². The summed E-state index contributed by atoms with van der Waals surface area (Å²) in [6.45, 7) is 1.91. The number of aliphatic hydroxyl groups excluding tert-OH is 1. The fourth-order valence-electron chi connectivity index (χ4n) is 1.60. The zero-order chi connectivity index (χ0) is 8.27. The first kappa shape index (κ1) is 9.20. The molecule has 1 saturated carbocycles. The van der Waals surface area contributed by atoms with Gasteiger partial charge in [-0.3, -0.25) is 4.21 Å². The second-order valence-corrected chi connectivity index (χ2v) is 5.00. The lowest BCUT2D eigenvalue weighted by molar-refractivity contribution is 0.135. The minimum Gasteiger partial charge on any atom is -0.392 e. The van der Waals surface area contributed by atoms with Gasteiger partial charge in [0.1, 0.15) is 0 Å². The van der Waals surface area contributed by atoms with Crippen molar-refractivity contribution in [3.8, 4) is 0 Å². The average Bonchev–Trinajstić information content (AvgIpc) is 2.04. The van der Waals surface area contributed by atoms with Crippen molar-refractivity contribution in [3.05, 3.63) is 0 Å². The van der Waals surface area contributed by atoms with E-state index in [0.29, 0.717) is 5.75 Å². The highest BCUT2D eigenvalue weighted by Crippen LogP contribution is 2.22. The number of hydrogen-bond acceptors (Lipinski definition) is 2. The van der Waals surface area contributed by atoms with Crippen LogP contribution in [0.1, 0.15) is 32.6 Å². The summed E-state index contributed by atoms with van der Waals surface area (Å²) in [6, 6.07) is 0. The van der Waals surface area contributed by atoms with Crippen LogP contribution in [0, 0.1) is 0 Å². The van der Waals surface area contributed by atoms with Crippen LogP contribution >= 0.6 is 0 Å². The van der Waals surface area contributed by atoms with E-state index in [1.165, 1.54) is 0 Å². The van der Waals surface area contributed by atoms with Crippen LogP contribution in [0.3, 0.4) is 0 Å². The first-order valence-electron chi connectivity index (χ1n) is 4.31. The Labute approximate surface area is 70.5 Å². The fraction of sp³-hybridized carbons (Fsp3) is 1.00. The van der Waals surface area contributed by atoms with E-state index in [1.54, 1.807) is 0 Å². The van der Waals surface area contributed by atoms with Crippen molar-refractivity contribution in [1.82, 2.24) is 0 Å². The van der Waals surface area contributed by atoms with Crippen LogP contribution in [0.4, 0.5) is 0 Å². The Balaban J connectivity index is 2.47. The molecule has 1 aliphatic carbocycles. The van der Waals surface area contributed by atoms with E-state index >= 15 is 0 Å². The molecule has 1 N–H and O–H groups in total. The van der Waals surface area contributed by atoms with Crippen molar-refractivity contribution in [2.45, 2.75) is 44.0 Å². The van der Waals surface area contributed by atoms with Crippen molar-refractivity contribution in [1.29, 1.82) is 0 Å². The van der Waals surface area contributed by atoms with Gasteiger partial charge in [0.15, 0.2) is 0 Å². The molecule has 66 valence electrons. The quantitative estimate of drug-likeness (QED) is 0.683. The van der Waals surface area contributed by atoms with E-state index in [2.05, 4.69) is 0 Å². The Morgan fingerprint density at radius 2 is 2.09 bits per heavy atom. The molecule has 0 radical (unpaired) electrons. The van der Waals surface area contributed by atoms with Gasteiger partial charge >= 0.3 is 0 Å². The van der Waals surface area contributed by atoms with Crippen molar-refractivity contribution in [2.24, 2.45) is 0 Å². The molecule has 0 spiro atoms. The summed E-state index contributed by atoms with van der Waals surface area (Å²) in [4.78, 5) is 0. The molecule has 3 heteroatoms. The highest BCUT2D eigenvalue weighted by molar-refractivity contribution is 7.85. The molecule has 0 unspecified atom stereocenters. The number of rotatable bonds is 2. The third kappa shape index (κ3) is 2.27. The SMILES string of the molecule is CC[S@](=O)[C@H]1CCCC[C@H]1O. The lowest BCUT2D eigenvalue weighted by atomic mass is 9.97. The zero-order valence-electron chi connectivity index (χ0n) is 6.95. The van der Waals surface area contributed by atoms with Gasteiger partial charge < -0.3 is 5.11 Å². The van der Waals surface area contributed by atoms with E-state index in [9.17, 15) is 9.32 Å². The Kier molecular flexibility index (Phi) is 3.52. The van der Waals surface area contributed by atoms with E-state index < -0.39 is 10.8 Å². The molecule has 0 aromatic rings. The molecule has 0 aromatic heterocycles. The molecule has 3 atom stereocenters. The summed E-state index contributed by atoms with van der Waals surface area (Å²) in [5.41, 5.74) is 0. The molecule has 0 saturated heterocycles. The Morgan fingerprint density at radius 1 is 1.45 bits per heavy atom. The second kappa shape index (κ2) is 4.21. The number of aliphatic hydroxyl groups is 1. The van der Waals surface area contributed by atoms with Gasteiger partial charge in [0, 0.05) is 16.6 Å². The van der Waals surface area contributed by atoms with Gasteiger partial charge in [0.2, 0.25) is 0 Å². The third-order valence-corrected chi connectivity index (χ3v) is 4.08. The standard InChI is InChI=1S/C8H16O2S/c1-2-11(10)8-6-4-3-5-7(8)9/h7-9H,2-6H2,1H3/t7-,8+,11+/m1/s1. The Hall–Kier alpha value is 0.110. The van der Waals surface area contributed by atoms with E-state index in [1.807, 2.05) is 6.92 Å². The summed E-state index contributed by atoms with van der Waals surface area (Å²) in [5.74, 6) is 0.682. The largest absolute Gasteiger partial charge is 0.392 e. The lowest BCUT2D eigenvalue weighted by Gasteiger charge is -2.26. The summed E-state index contributed by atoms with van der Waals surface area (Å²) in [7, 11) is -0.794. The highest BCUT2D eigenvalue weighted by atomic mass is 32.2. The van der Waals surface area contributed by atoms with Crippen LogP contribution in [-0.2, 0) is 10.8 Å². The minimum atomic E-state index is -0.794. The zero-order valence-corrected chi connectivity index (χ0v) is 7.77. The lowest BCUT2D eigenvalue weighted by Crippen LogP contribution is -2.34. The molecule has 0 aliphatic heterocycles. The monoisotopic (exact) mass is 176 g/mol. The average molecular weight is 176 g/mol. The first-order valence-corrected chi connectivity index (χ1v) is 5.69. The van der Waals surface area contributed by atoms with Crippen molar-refractivity contribution < 1.29 is 9.32 Å². The molecular weight excluding hydrogens is 160 g/mol. The summed E-state index contributed by atoms with van der Waals surface area (Å²) in [6.07, 6.45) is 3.72. The molecule has 0 heterocycles. The summed E-state index contributed by atoms with van der Waals surface area (Å²) in [5, 5.41) is 9.54. The highest BCUT2D eigenvalue weighted by Gasteiger charge is 2.26. The fourth-order valence-corrected chi connectivity index (χ4v) is 2.94. The topological polar surface area (TPSA) is 37.3 Å². The Bertz CT molecular complexity index is 147. The smallest absolute Gasteiger partial charge is 0.0683 e. The van der Waals surface area contributed by atoms with Gasteiger partial charge in [-0.15, -0.1) is 0 Å². The van der Waals surface area contributed by atoms with E-state index in [0.717, 1.165) is 25.7 Å². The first-order chi connectivity index (χ1) is 5.25. The molecule has 2 nitrogen and oxygen atoms in total. The van der Waals surface area contributed by atoms with Crippen LogP contribution in [-0.4, -0.2) is 26.4 Å². The van der Waals surface area contributed by atoms with E-state index in [-0.39, 0.29) is 11.4 Å². The second-order valence-electron chi connectivity index (χ2n) is 3.06. The molecule has 0 amide bonds. The maximum atomic E-state index is 11.3. The normalized spacial score (nSPS) is 35.1. The van der Waals surface area contributed by atoms with Crippen LogP contribution in [0.25, 0.3) is 0 Å². The predicted molar refractivity (Wildman–Crippen MR) is 46.9 cm³/mol. The minimum absolute atomic E-state index is 0.0637. The molecule has 1 rings (SSSR count). The van der Waals surface area contributed by atoms with Gasteiger partial charge in [-0.05, 0) is 12.8 Å². The Morgan fingerprint density at radius 3 is 2.64 bits per heavy atom. The third-order valence-electron chi connectivity index (χ3n) is 2.29. The van der Waals surface area contributed by atoms with Gasteiger partial charge in [-0.2, -0.15) is 0 Å². The van der Waals surface area contributed by atoms with Crippen LogP contribution in [0.2, 0.25) is 0 Å². The van der Waals surface area contributed by atoms with Crippen LogP contribution < -0.4 is 0 Å². The molecule has 0 bridgehead atoms. The van der Waals surface area contributed by atoms with Gasteiger partial charge in [-0.1, -0.05) is 19.8 Å². The molecule has 1 fully saturated rings. The maximum absolute atomic E-state index is 11.3. The van der Waals surface area contributed by atoms with Gasteiger partial charge in [0.05, 0.1) is 11.4 Å². The van der Waals surface area contributed by atoms with Crippen LogP contribution in [0.5, 0.6) is 0 Å². The van der Waals surface area contributed by atoms with Crippen molar-refractivity contribution in [2.75, 3.05) is 5.75 Å². The van der Waals surface area contributed by atoms with Crippen LogP contribution in [0.15, 0.2) is 0 Å². The molecular formula is C8H16O2S. The van der Waals surface area contributed by atoms with Gasteiger partial charge in [0.25, 0.3) is 0 Å². The molecule has 11 heavy (non-hydrogen) atoms. The van der Waals surface area contributed by atoms with Crippen molar-refractivity contribution >= 4 is 10.8 Å². The number of hydrogen-bond donors (Lipinski definition) is 1. The molecule has 1 aliphatic rings. The van der Waals surface area contributed by atoms with Crippen molar-refractivity contribution in [3.63, 3.8) is 0 Å². The molecule has 0 aromatic carbocycles. The maximum Gasteiger partial charge on any atom is 0.0683 e. The predicted octanol–water partition coefficient (Wildman–Crippen LogP) is 1.06.